The SMILES string of the molecule is CC1CCN(c2nc3c(cc2C(N)=NO)CCC3)C1CO. The molecule has 1 aromatic heterocycles. The number of aryl methyl sites for hydroxylation is 2. The summed E-state index contributed by atoms with van der Waals surface area (Å²) in [5.41, 5.74) is 8.82. The van der Waals surface area contributed by atoms with Gasteiger partial charge in [0.2, 0.25) is 0 Å². The van der Waals surface area contributed by atoms with Crippen molar-refractivity contribution in [3.63, 3.8) is 0 Å². The molecular formula is C15H22N4O2. The molecule has 1 fully saturated rings. The van der Waals surface area contributed by atoms with E-state index in [-0.39, 0.29) is 18.5 Å². The lowest BCUT2D eigenvalue weighted by molar-refractivity contribution is 0.244. The summed E-state index contributed by atoms with van der Waals surface area (Å²) in [4.78, 5) is 6.89. The predicted molar refractivity (Wildman–Crippen MR) is 80.8 cm³/mol. The van der Waals surface area contributed by atoms with Gasteiger partial charge in [-0.05, 0) is 43.2 Å². The fourth-order valence-corrected chi connectivity index (χ4v) is 3.47. The third kappa shape index (κ3) is 2.33. The topological polar surface area (TPSA) is 95.0 Å². The highest BCUT2D eigenvalue weighted by Gasteiger charge is 2.34. The Bertz CT molecular complexity index is 573. The van der Waals surface area contributed by atoms with E-state index in [2.05, 4.69) is 17.0 Å². The molecule has 1 aliphatic heterocycles. The number of oxime groups is 1. The van der Waals surface area contributed by atoms with Gasteiger partial charge in [0, 0.05) is 12.2 Å². The van der Waals surface area contributed by atoms with Crippen LogP contribution in [0.1, 0.15) is 36.6 Å². The van der Waals surface area contributed by atoms with E-state index < -0.39 is 0 Å². The van der Waals surface area contributed by atoms with Gasteiger partial charge in [0.15, 0.2) is 5.84 Å². The average Bonchev–Trinajstić information content (AvgIpc) is 3.10. The molecule has 6 nitrogen and oxygen atoms in total. The van der Waals surface area contributed by atoms with Crippen LogP contribution < -0.4 is 10.6 Å². The van der Waals surface area contributed by atoms with Crippen LogP contribution >= 0.6 is 0 Å². The van der Waals surface area contributed by atoms with E-state index >= 15 is 0 Å². The zero-order valence-electron chi connectivity index (χ0n) is 12.3. The van der Waals surface area contributed by atoms with Crippen LogP contribution in [0, 0.1) is 5.92 Å². The number of hydrogen-bond donors (Lipinski definition) is 3. The van der Waals surface area contributed by atoms with Gasteiger partial charge in [-0.15, -0.1) is 0 Å². The molecule has 3 rings (SSSR count). The number of pyridine rings is 1. The number of rotatable bonds is 3. The van der Waals surface area contributed by atoms with E-state index in [0.29, 0.717) is 11.5 Å². The Labute approximate surface area is 124 Å². The maximum atomic E-state index is 9.67. The van der Waals surface area contributed by atoms with Gasteiger partial charge in [-0.25, -0.2) is 4.98 Å². The number of hydrogen-bond acceptors (Lipinski definition) is 5. The maximum Gasteiger partial charge on any atom is 0.173 e. The molecule has 1 aliphatic carbocycles. The number of nitrogens with zero attached hydrogens (tertiary/aromatic N) is 3. The molecule has 0 saturated carbocycles. The summed E-state index contributed by atoms with van der Waals surface area (Å²) in [5.74, 6) is 1.24. The van der Waals surface area contributed by atoms with Crippen molar-refractivity contribution in [3.05, 3.63) is 22.9 Å². The molecule has 0 spiro atoms. The maximum absolute atomic E-state index is 9.67. The van der Waals surface area contributed by atoms with Gasteiger partial charge >= 0.3 is 0 Å². The molecule has 114 valence electrons. The van der Waals surface area contributed by atoms with E-state index in [0.717, 1.165) is 43.7 Å². The Morgan fingerprint density at radius 3 is 3.05 bits per heavy atom. The second-order valence-corrected chi connectivity index (χ2v) is 6.01. The van der Waals surface area contributed by atoms with E-state index in [9.17, 15) is 5.11 Å². The summed E-state index contributed by atoms with van der Waals surface area (Å²) in [7, 11) is 0. The largest absolute Gasteiger partial charge is 0.409 e. The van der Waals surface area contributed by atoms with Crippen LogP contribution in [0.3, 0.4) is 0 Å². The fraction of sp³-hybridized carbons (Fsp3) is 0.600. The third-order valence-electron chi connectivity index (χ3n) is 4.76. The van der Waals surface area contributed by atoms with Crippen LogP contribution in [-0.2, 0) is 12.8 Å². The lowest BCUT2D eigenvalue weighted by atomic mass is 10.0. The molecule has 2 aliphatic rings. The van der Waals surface area contributed by atoms with Gasteiger partial charge in [0.25, 0.3) is 0 Å². The second-order valence-electron chi connectivity index (χ2n) is 6.01. The number of aliphatic hydroxyl groups excluding tert-OH is 1. The van der Waals surface area contributed by atoms with Gasteiger partial charge in [0.05, 0.1) is 18.2 Å². The summed E-state index contributed by atoms with van der Waals surface area (Å²) in [6.45, 7) is 3.07. The van der Waals surface area contributed by atoms with E-state index in [4.69, 9.17) is 15.9 Å². The van der Waals surface area contributed by atoms with Crippen molar-refractivity contribution in [3.8, 4) is 0 Å². The highest BCUT2D eigenvalue weighted by Crippen LogP contribution is 2.33. The minimum absolute atomic E-state index is 0.0437. The van der Waals surface area contributed by atoms with Crippen LogP contribution in [0.15, 0.2) is 11.2 Å². The first-order valence-electron chi connectivity index (χ1n) is 7.54. The Kier molecular flexibility index (Phi) is 3.71. The molecule has 2 atom stereocenters. The van der Waals surface area contributed by atoms with E-state index in [1.165, 1.54) is 5.56 Å². The minimum Gasteiger partial charge on any atom is -0.409 e. The zero-order chi connectivity index (χ0) is 15.0. The van der Waals surface area contributed by atoms with Gasteiger partial charge in [0.1, 0.15) is 5.82 Å². The summed E-state index contributed by atoms with van der Waals surface area (Å²) in [6.07, 6.45) is 4.08. The number of anilines is 1. The molecule has 0 radical (unpaired) electrons. The molecule has 0 aromatic carbocycles. The van der Waals surface area contributed by atoms with Crippen molar-refractivity contribution in [2.75, 3.05) is 18.1 Å². The van der Waals surface area contributed by atoms with Gasteiger partial charge in [-0.1, -0.05) is 12.1 Å². The molecule has 21 heavy (non-hydrogen) atoms. The molecule has 2 unspecified atom stereocenters. The molecule has 0 bridgehead atoms. The minimum atomic E-state index is 0.0437. The molecule has 1 saturated heterocycles. The van der Waals surface area contributed by atoms with Gasteiger partial charge in [-0.3, -0.25) is 0 Å². The van der Waals surface area contributed by atoms with Crippen molar-refractivity contribution in [1.29, 1.82) is 0 Å². The monoisotopic (exact) mass is 290 g/mol. The highest BCUT2D eigenvalue weighted by atomic mass is 16.4. The molecule has 4 N–H and O–H groups in total. The number of nitrogens with two attached hydrogens (primary N) is 1. The predicted octanol–water partition coefficient (Wildman–Crippen LogP) is 0.872. The standard InChI is InChI=1S/C15H22N4O2/c1-9-5-6-19(13(9)8-20)15-11(14(16)18-21)7-10-3-2-4-12(10)17-15/h7,9,13,20-21H,2-6,8H2,1H3,(H2,16,18). The van der Waals surface area contributed by atoms with Crippen LogP contribution in [0.5, 0.6) is 0 Å². The normalized spacial score (nSPS) is 25.4. The summed E-state index contributed by atoms with van der Waals surface area (Å²) in [6, 6.07) is 2.04. The Morgan fingerprint density at radius 1 is 1.52 bits per heavy atom. The Morgan fingerprint density at radius 2 is 2.33 bits per heavy atom. The quantitative estimate of drug-likeness (QED) is 0.332. The lowest BCUT2D eigenvalue weighted by Crippen LogP contribution is -2.37. The first kappa shape index (κ1) is 14.1. The average molecular weight is 290 g/mol. The summed E-state index contributed by atoms with van der Waals surface area (Å²) >= 11 is 0. The second kappa shape index (κ2) is 5.52. The number of aliphatic hydroxyl groups is 1. The van der Waals surface area contributed by atoms with E-state index in [1.54, 1.807) is 0 Å². The number of fused-ring (bicyclic) bond motifs is 1. The van der Waals surface area contributed by atoms with Crippen LogP contribution in [0.25, 0.3) is 0 Å². The van der Waals surface area contributed by atoms with E-state index in [1.807, 2.05) is 6.07 Å². The lowest BCUT2D eigenvalue weighted by Gasteiger charge is -2.28. The van der Waals surface area contributed by atoms with Crippen molar-refractivity contribution < 1.29 is 10.3 Å². The van der Waals surface area contributed by atoms with Gasteiger partial charge < -0.3 is 20.9 Å². The van der Waals surface area contributed by atoms with Gasteiger partial charge in [-0.2, -0.15) is 0 Å². The zero-order valence-corrected chi connectivity index (χ0v) is 12.3. The molecule has 0 amide bonds. The van der Waals surface area contributed by atoms with Crippen molar-refractivity contribution in [1.82, 2.24) is 4.98 Å². The van der Waals surface area contributed by atoms with Crippen LogP contribution in [-0.4, -0.2) is 40.3 Å². The first-order chi connectivity index (χ1) is 10.2. The van der Waals surface area contributed by atoms with Crippen molar-refractivity contribution >= 4 is 11.7 Å². The Hall–Kier alpha value is -1.82. The number of aromatic nitrogens is 1. The Balaban J connectivity index is 2.08. The molecular weight excluding hydrogens is 268 g/mol. The van der Waals surface area contributed by atoms with Crippen molar-refractivity contribution in [2.45, 2.75) is 38.6 Å². The van der Waals surface area contributed by atoms with Crippen LogP contribution in [0.2, 0.25) is 0 Å². The smallest absolute Gasteiger partial charge is 0.173 e. The molecule has 1 aromatic rings. The third-order valence-corrected chi connectivity index (χ3v) is 4.76. The van der Waals surface area contributed by atoms with Crippen LogP contribution in [0.4, 0.5) is 5.82 Å². The molecule has 2 heterocycles. The van der Waals surface area contributed by atoms with Crippen molar-refractivity contribution in [2.24, 2.45) is 16.8 Å². The number of amidine groups is 1. The molecule has 6 heteroatoms. The summed E-state index contributed by atoms with van der Waals surface area (Å²) < 4.78 is 0. The first-order valence-corrected chi connectivity index (χ1v) is 7.54. The summed E-state index contributed by atoms with van der Waals surface area (Å²) in [5, 5.41) is 21.9. The highest BCUT2D eigenvalue weighted by molar-refractivity contribution is 6.01. The fourth-order valence-electron chi connectivity index (χ4n) is 3.47.